The highest BCUT2D eigenvalue weighted by Gasteiger charge is 2.05. The van der Waals surface area contributed by atoms with Crippen molar-refractivity contribution >= 4 is 33.9 Å². The van der Waals surface area contributed by atoms with Crippen LogP contribution in [0.25, 0.3) is 11.3 Å². The van der Waals surface area contributed by atoms with Crippen LogP contribution in [0.4, 0.5) is 0 Å². The molecule has 0 saturated heterocycles. The Balaban J connectivity index is 2.44. The average Bonchev–Trinajstić information content (AvgIpc) is 2.27. The van der Waals surface area contributed by atoms with Crippen molar-refractivity contribution in [1.82, 2.24) is 9.97 Å². The van der Waals surface area contributed by atoms with Crippen molar-refractivity contribution in [3.63, 3.8) is 0 Å². The summed E-state index contributed by atoms with van der Waals surface area (Å²) in [5, 5.41) is 0.295. The van der Waals surface area contributed by atoms with Gasteiger partial charge in [0.2, 0.25) is 5.28 Å². The highest BCUT2D eigenvalue weighted by atomic mass is 35.5. The quantitative estimate of drug-likeness (QED) is 0.538. The van der Waals surface area contributed by atoms with Crippen molar-refractivity contribution in [3.8, 4) is 11.3 Å². The van der Waals surface area contributed by atoms with E-state index in [0.717, 1.165) is 5.56 Å². The molecule has 0 atom stereocenters. The number of aromatic nitrogens is 2. The van der Waals surface area contributed by atoms with Gasteiger partial charge < -0.3 is 0 Å². The van der Waals surface area contributed by atoms with Gasteiger partial charge in [0.25, 0.3) is 0 Å². The van der Waals surface area contributed by atoms with Gasteiger partial charge in [0.05, 0.1) is 11.4 Å². The Hall–Kier alpha value is -1.17. The summed E-state index contributed by atoms with van der Waals surface area (Å²) in [7, 11) is -2.46. The van der Waals surface area contributed by atoms with Crippen molar-refractivity contribution in [2.75, 3.05) is 0 Å². The molecule has 1 aromatic carbocycles. The third-order valence-corrected chi connectivity index (χ3v) is 3.19. The maximum absolute atomic E-state index is 10.7. The zero-order valence-corrected chi connectivity index (χ0v) is 11.4. The Morgan fingerprint density at radius 1 is 1.11 bits per heavy atom. The Bertz CT molecular complexity index is 631. The van der Waals surface area contributed by atoms with Crippen molar-refractivity contribution in [3.05, 3.63) is 46.3 Å². The molecule has 0 aliphatic rings. The number of nitrogens with zero attached hydrogens (tertiary/aromatic N) is 2. The van der Waals surface area contributed by atoms with Crippen LogP contribution in [0.3, 0.4) is 0 Å². The van der Waals surface area contributed by atoms with E-state index in [1.54, 1.807) is 30.3 Å². The van der Waals surface area contributed by atoms with E-state index in [9.17, 15) is 8.42 Å². The van der Waals surface area contributed by atoms with Gasteiger partial charge in [0.1, 0.15) is 15.9 Å². The molecule has 0 aliphatic carbocycles. The van der Waals surface area contributed by atoms with Crippen molar-refractivity contribution in [2.24, 2.45) is 0 Å². The molecular formula is C11H8Cl2N2O2S. The van der Waals surface area contributed by atoms with Crippen molar-refractivity contribution in [1.29, 1.82) is 0 Å². The number of hydrogen-bond donors (Lipinski definition) is 1. The second-order valence-electron chi connectivity index (χ2n) is 3.54. The maximum Gasteiger partial charge on any atom is 0.224 e. The van der Waals surface area contributed by atoms with E-state index in [-0.39, 0.29) is 16.2 Å². The normalized spacial score (nSPS) is 10.8. The predicted molar refractivity (Wildman–Crippen MR) is 71.5 cm³/mol. The molecule has 0 N–H and O–H groups in total. The highest BCUT2D eigenvalue weighted by molar-refractivity contribution is 7.71. The van der Waals surface area contributed by atoms with Crippen LogP contribution >= 0.6 is 23.2 Å². The van der Waals surface area contributed by atoms with Gasteiger partial charge in [-0.15, -0.1) is 0 Å². The van der Waals surface area contributed by atoms with Crippen LogP contribution < -0.4 is 0 Å². The molecule has 0 amide bonds. The SMILES string of the molecule is O=[SH](=O)Cc1cccc(-c2cc(Cl)nc(Cl)n2)c1. The van der Waals surface area contributed by atoms with Gasteiger partial charge in [0, 0.05) is 11.6 Å². The Kier molecular flexibility index (Phi) is 4.16. The smallest absolute Gasteiger partial charge is 0.224 e. The van der Waals surface area contributed by atoms with E-state index >= 15 is 0 Å². The van der Waals surface area contributed by atoms with Crippen LogP contribution in [-0.2, 0) is 16.5 Å². The van der Waals surface area contributed by atoms with Crippen molar-refractivity contribution < 1.29 is 8.42 Å². The Morgan fingerprint density at radius 3 is 2.56 bits per heavy atom. The maximum atomic E-state index is 10.7. The van der Waals surface area contributed by atoms with E-state index in [0.29, 0.717) is 11.3 Å². The molecule has 0 fully saturated rings. The summed E-state index contributed by atoms with van der Waals surface area (Å²) in [4.78, 5) is 7.80. The molecule has 0 bridgehead atoms. The molecule has 0 radical (unpaired) electrons. The second kappa shape index (κ2) is 5.65. The summed E-state index contributed by atoms with van der Waals surface area (Å²) >= 11 is 11.5. The lowest BCUT2D eigenvalue weighted by molar-refractivity contribution is 0.614. The lowest BCUT2D eigenvalue weighted by Crippen LogP contribution is -1.91. The molecule has 0 spiro atoms. The minimum absolute atomic E-state index is 0.00424. The van der Waals surface area contributed by atoms with Crippen LogP contribution in [0.1, 0.15) is 5.56 Å². The summed E-state index contributed by atoms with van der Waals surface area (Å²) in [6.45, 7) is 0. The number of halogens is 2. The van der Waals surface area contributed by atoms with E-state index in [1.807, 2.05) is 0 Å². The van der Waals surface area contributed by atoms with Gasteiger partial charge in [-0.1, -0.05) is 29.8 Å². The molecular weight excluding hydrogens is 295 g/mol. The predicted octanol–water partition coefficient (Wildman–Crippen LogP) is 2.56. The zero-order valence-electron chi connectivity index (χ0n) is 9.01. The molecule has 94 valence electrons. The van der Waals surface area contributed by atoms with E-state index in [2.05, 4.69) is 9.97 Å². The van der Waals surface area contributed by atoms with Gasteiger partial charge in [-0.05, 0) is 23.2 Å². The van der Waals surface area contributed by atoms with Crippen LogP contribution in [0.2, 0.25) is 10.4 Å². The third-order valence-electron chi connectivity index (χ3n) is 2.20. The topological polar surface area (TPSA) is 59.9 Å². The summed E-state index contributed by atoms with van der Waals surface area (Å²) in [5.41, 5.74) is 1.99. The molecule has 0 aliphatic heterocycles. The van der Waals surface area contributed by atoms with Crippen LogP contribution in [0, 0.1) is 0 Å². The first-order chi connectivity index (χ1) is 8.54. The van der Waals surface area contributed by atoms with Gasteiger partial charge in [-0.25, -0.2) is 18.4 Å². The second-order valence-corrected chi connectivity index (χ2v) is 5.24. The molecule has 0 unspecified atom stereocenters. The fourth-order valence-electron chi connectivity index (χ4n) is 1.52. The van der Waals surface area contributed by atoms with Crippen LogP contribution in [0.5, 0.6) is 0 Å². The van der Waals surface area contributed by atoms with Crippen molar-refractivity contribution in [2.45, 2.75) is 5.75 Å². The standard InChI is InChI=1S/C11H8Cl2N2O2S/c12-10-5-9(14-11(13)15-10)8-3-1-2-7(4-8)6-18(16)17/h1-5,18H,6H2. The van der Waals surface area contributed by atoms with E-state index < -0.39 is 10.7 Å². The summed E-state index contributed by atoms with van der Waals surface area (Å²) in [6.07, 6.45) is 0. The number of rotatable bonds is 3. The van der Waals surface area contributed by atoms with Crippen LogP contribution in [-0.4, -0.2) is 18.4 Å². The van der Waals surface area contributed by atoms with Crippen LogP contribution in [0.15, 0.2) is 30.3 Å². The minimum Gasteiger partial charge on any atom is -0.232 e. The lowest BCUT2D eigenvalue weighted by atomic mass is 10.1. The largest absolute Gasteiger partial charge is 0.232 e. The number of benzene rings is 1. The van der Waals surface area contributed by atoms with E-state index in [1.165, 1.54) is 0 Å². The number of hydrogen-bond acceptors (Lipinski definition) is 4. The fourth-order valence-corrected chi connectivity index (χ4v) is 2.42. The molecule has 7 heteroatoms. The Labute approximate surface area is 116 Å². The first kappa shape index (κ1) is 13.3. The molecule has 1 heterocycles. The zero-order chi connectivity index (χ0) is 13.1. The molecule has 0 saturated carbocycles. The summed E-state index contributed by atoms with van der Waals surface area (Å²) in [6, 6.07) is 8.60. The summed E-state index contributed by atoms with van der Waals surface area (Å²) in [5.74, 6) is -0.00424. The molecule has 18 heavy (non-hydrogen) atoms. The molecule has 1 aromatic heterocycles. The first-order valence-corrected chi connectivity index (χ1v) is 7.07. The minimum atomic E-state index is -2.46. The Morgan fingerprint density at radius 2 is 1.89 bits per heavy atom. The van der Waals surface area contributed by atoms with Gasteiger partial charge in [-0.2, -0.15) is 0 Å². The molecule has 2 rings (SSSR count). The number of thiol groups is 1. The lowest BCUT2D eigenvalue weighted by Gasteiger charge is -2.03. The molecule has 2 aromatic rings. The average molecular weight is 303 g/mol. The third kappa shape index (κ3) is 3.41. The highest BCUT2D eigenvalue weighted by Crippen LogP contribution is 2.22. The molecule has 4 nitrogen and oxygen atoms in total. The first-order valence-electron chi connectivity index (χ1n) is 4.96. The van der Waals surface area contributed by atoms with Gasteiger partial charge >= 0.3 is 0 Å². The fraction of sp³-hybridized carbons (Fsp3) is 0.0909. The van der Waals surface area contributed by atoms with Gasteiger partial charge in [-0.3, -0.25) is 0 Å². The van der Waals surface area contributed by atoms with E-state index in [4.69, 9.17) is 23.2 Å². The monoisotopic (exact) mass is 302 g/mol. The summed E-state index contributed by atoms with van der Waals surface area (Å²) < 4.78 is 21.4. The van der Waals surface area contributed by atoms with Gasteiger partial charge in [0.15, 0.2) is 0 Å².